The maximum atomic E-state index is 13.0. The van der Waals surface area contributed by atoms with Crippen LogP contribution in [0, 0.1) is 0 Å². The second-order valence-corrected chi connectivity index (χ2v) is 12.3. The van der Waals surface area contributed by atoms with Crippen LogP contribution in [0.15, 0.2) is 76.3 Å². The molecule has 212 valence electrons. The number of benzene rings is 2. The second-order valence-electron chi connectivity index (χ2n) is 10.1. The van der Waals surface area contributed by atoms with E-state index >= 15 is 0 Å². The normalized spacial score (nSPS) is 19.2. The number of urea groups is 1. The van der Waals surface area contributed by atoms with E-state index in [1.54, 1.807) is 17.0 Å². The third-order valence-electron chi connectivity index (χ3n) is 7.28. The van der Waals surface area contributed by atoms with Crippen molar-refractivity contribution in [1.29, 1.82) is 0 Å². The Labute approximate surface area is 234 Å². The molecule has 0 bridgehead atoms. The summed E-state index contributed by atoms with van der Waals surface area (Å²) in [6.45, 7) is 3.53. The van der Waals surface area contributed by atoms with E-state index in [2.05, 4.69) is 26.3 Å². The molecule has 2 amide bonds. The van der Waals surface area contributed by atoms with E-state index in [1.807, 2.05) is 48.7 Å². The van der Waals surface area contributed by atoms with Crippen molar-refractivity contribution < 1.29 is 13.2 Å². The lowest BCUT2D eigenvalue weighted by molar-refractivity contribution is 0.244. The smallest absolute Gasteiger partial charge is 0.327 e. The zero-order valence-electron chi connectivity index (χ0n) is 22.3. The summed E-state index contributed by atoms with van der Waals surface area (Å²) in [5.41, 5.74) is 15.1. The van der Waals surface area contributed by atoms with Crippen LogP contribution >= 0.6 is 0 Å². The van der Waals surface area contributed by atoms with Crippen LogP contribution in [0.5, 0.6) is 0 Å². The van der Waals surface area contributed by atoms with Gasteiger partial charge in [0.1, 0.15) is 6.17 Å². The number of nitrogens with one attached hydrogen (secondary N) is 4. The molecular weight excluding hydrogens is 528 g/mol. The van der Waals surface area contributed by atoms with Crippen LogP contribution in [-0.2, 0) is 16.4 Å². The molecule has 1 fully saturated rings. The zero-order valence-corrected chi connectivity index (χ0v) is 23.1. The van der Waals surface area contributed by atoms with Crippen LogP contribution in [-0.4, -0.2) is 58.0 Å². The number of sulfone groups is 1. The summed E-state index contributed by atoms with van der Waals surface area (Å²) < 4.78 is 26.1. The molecule has 1 saturated heterocycles. The number of fused-ring (bicyclic) bond motifs is 1. The first kappa shape index (κ1) is 27.7. The third-order valence-corrected chi connectivity index (χ3v) is 9.56. The number of hydrogen-bond donors (Lipinski definition) is 6. The van der Waals surface area contributed by atoms with Gasteiger partial charge in [-0.3, -0.25) is 9.89 Å². The summed E-state index contributed by atoms with van der Waals surface area (Å²) in [4.78, 5) is 18.8. The van der Waals surface area contributed by atoms with Gasteiger partial charge < -0.3 is 32.7 Å². The van der Waals surface area contributed by atoms with Crippen molar-refractivity contribution in [2.75, 3.05) is 31.1 Å². The number of amides is 2. The quantitative estimate of drug-likeness (QED) is 0.143. The molecular formula is C28H36N8O3S. The van der Waals surface area contributed by atoms with Crippen LogP contribution in [0.2, 0.25) is 0 Å². The fraction of sp³-hybridized carbons (Fsp3) is 0.357. The van der Waals surface area contributed by atoms with Gasteiger partial charge in [0.05, 0.1) is 15.8 Å². The number of rotatable bonds is 10. The Morgan fingerprint density at radius 3 is 2.45 bits per heavy atom. The lowest BCUT2D eigenvalue weighted by Gasteiger charge is -2.29. The summed E-state index contributed by atoms with van der Waals surface area (Å²) in [7, 11) is -3.36. The Kier molecular flexibility index (Phi) is 8.38. The van der Waals surface area contributed by atoms with E-state index in [0.717, 1.165) is 54.1 Å². The molecule has 12 heteroatoms. The van der Waals surface area contributed by atoms with Gasteiger partial charge in [-0.1, -0.05) is 24.3 Å². The molecule has 0 saturated carbocycles. The molecule has 0 spiro atoms. The van der Waals surface area contributed by atoms with Gasteiger partial charge in [0.15, 0.2) is 15.8 Å². The third kappa shape index (κ3) is 6.30. The number of hydrogen-bond acceptors (Lipinski definition) is 7. The van der Waals surface area contributed by atoms with Gasteiger partial charge in [0.25, 0.3) is 0 Å². The van der Waals surface area contributed by atoms with Crippen LogP contribution in [0.25, 0.3) is 5.70 Å². The molecule has 11 nitrogen and oxygen atoms in total. The first-order chi connectivity index (χ1) is 19.3. The molecule has 2 aromatic carbocycles. The molecule has 0 aliphatic carbocycles. The topological polar surface area (TPSA) is 167 Å². The van der Waals surface area contributed by atoms with E-state index < -0.39 is 9.84 Å². The molecule has 3 heterocycles. The first-order valence-corrected chi connectivity index (χ1v) is 15.1. The zero-order chi connectivity index (χ0) is 28.1. The van der Waals surface area contributed by atoms with Crippen LogP contribution < -0.4 is 37.6 Å². The standard InChI is InChI=1S/C28H36N8O3S/c29-27(30)33-13-1-12-32-17-19-2-6-22(7-3-19)36-18-21-16-25(34-26(21)35-28(36)37)20-4-8-23(9-5-20)40(38,39)24-10-14-31-15-11-24/h2-9,16,18,24,26,31-32,34H,1,10-15,17H2,(H,35,37)(H4,29,30,33). The summed E-state index contributed by atoms with van der Waals surface area (Å²) in [5.74, 6) is 0.105. The molecule has 0 aromatic heterocycles. The highest BCUT2D eigenvalue weighted by molar-refractivity contribution is 7.92. The predicted octanol–water partition coefficient (Wildman–Crippen LogP) is 1.35. The maximum Gasteiger partial charge on any atom is 0.327 e. The molecule has 1 unspecified atom stereocenters. The lowest BCUT2D eigenvalue weighted by Crippen LogP contribution is -2.51. The second kappa shape index (κ2) is 12.1. The Morgan fingerprint density at radius 1 is 1.02 bits per heavy atom. The summed E-state index contributed by atoms with van der Waals surface area (Å²) in [6.07, 6.45) is 5.56. The molecule has 5 rings (SSSR count). The Hall–Kier alpha value is -3.87. The summed E-state index contributed by atoms with van der Waals surface area (Å²) in [6, 6.07) is 14.6. The Bertz CT molecular complexity index is 1410. The van der Waals surface area contributed by atoms with Gasteiger partial charge in [-0.2, -0.15) is 0 Å². The SMILES string of the molecule is NC(N)=NCCCNCc1ccc(N2C=C3C=C(c4ccc(S(=O)(=O)C5CCNCC5)cc4)NC3NC2=O)cc1. The first-order valence-electron chi connectivity index (χ1n) is 13.5. The monoisotopic (exact) mass is 564 g/mol. The molecule has 8 N–H and O–H groups in total. The minimum atomic E-state index is -3.36. The van der Waals surface area contributed by atoms with Crippen molar-refractivity contribution in [3.05, 3.63) is 77.5 Å². The molecule has 2 aromatic rings. The molecule has 3 aliphatic rings. The van der Waals surface area contributed by atoms with Crippen molar-refractivity contribution >= 4 is 33.2 Å². The largest absolute Gasteiger partial charge is 0.370 e. The van der Waals surface area contributed by atoms with Gasteiger partial charge in [-0.25, -0.2) is 13.2 Å². The van der Waals surface area contributed by atoms with Crippen molar-refractivity contribution in [3.8, 4) is 0 Å². The average Bonchev–Trinajstić information content (AvgIpc) is 3.38. The number of guanidine groups is 1. The van der Waals surface area contributed by atoms with Gasteiger partial charge in [-0.15, -0.1) is 0 Å². The van der Waals surface area contributed by atoms with E-state index in [0.29, 0.717) is 30.8 Å². The number of nitrogens with two attached hydrogens (primary N) is 2. The van der Waals surface area contributed by atoms with Crippen molar-refractivity contribution in [1.82, 2.24) is 21.3 Å². The van der Waals surface area contributed by atoms with Gasteiger partial charge in [0, 0.05) is 30.6 Å². The lowest BCUT2D eigenvalue weighted by atomic mass is 10.1. The van der Waals surface area contributed by atoms with Crippen molar-refractivity contribution in [2.24, 2.45) is 16.5 Å². The minimum absolute atomic E-state index is 0.105. The molecule has 1 atom stereocenters. The Balaban J connectivity index is 1.22. The number of anilines is 1. The van der Waals surface area contributed by atoms with Crippen molar-refractivity contribution in [3.63, 3.8) is 0 Å². The van der Waals surface area contributed by atoms with E-state index in [9.17, 15) is 13.2 Å². The van der Waals surface area contributed by atoms with E-state index in [-0.39, 0.29) is 23.4 Å². The van der Waals surface area contributed by atoms with Gasteiger partial charge in [0.2, 0.25) is 0 Å². The number of piperidine rings is 1. The molecule has 3 aliphatic heterocycles. The maximum absolute atomic E-state index is 13.0. The highest BCUT2D eigenvalue weighted by atomic mass is 32.2. The van der Waals surface area contributed by atoms with Gasteiger partial charge in [-0.05, 0) is 80.4 Å². The average molecular weight is 565 g/mol. The van der Waals surface area contributed by atoms with Crippen molar-refractivity contribution in [2.45, 2.75) is 42.1 Å². The summed E-state index contributed by atoms with van der Waals surface area (Å²) >= 11 is 0. The molecule has 40 heavy (non-hydrogen) atoms. The summed E-state index contributed by atoms with van der Waals surface area (Å²) in [5, 5.41) is 12.6. The Morgan fingerprint density at radius 2 is 1.75 bits per heavy atom. The predicted molar refractivity (Wildman–Crippen MR) is 157 cm³/mol. The minimum Gasteiger partial charge on any atom is -0.370 e. The number of aliphatic imine (C=N–C) groups is 1. The van der Waals surface area contributed by atoms with Crippen LogP contribution in [0.1, 0.15) is 30.4 Å². The number of carbonyl (C=O) groups is 1. The van der Waals surface area contributed by atoms with Crippen LogP contribution in [0.4, 0.5) is 10.5 Å². The molecule has 0 radical (unpaired) electrons. The van der Waals surface area contributed by atoms with E-state index in [4.69, 9.17) is 11.5 Å². The number of nitrogens with zero attached hydrogens (tertiary/aromatic N) is 2. The highest BCUT2D eigenvalue weighted by Gasteiger charge is 2.32. The highest BCUT2D eigenvalue weighted by Crippen LogP contribution is 2.29. The van der Waals surface area contributed by atoms with E-state index in [1.165, 1.54) is 0 Å². The fourth-order valence-corrected chi connectivity index (χ4v) is 6.82. The van der Waals surface area contributed by atoms with Gasteiger partial charge >= 0.3 is 6.03 Å². The number of carbonyl (C=O) groups excluding carboxylic acids is 1. The van der Waals surface area contributed by atoms with Crippen LogP contribution in [0.3, 0.4) is 0 Å². The fourth-order valence-electron chi connectivity index (χ4n) is 5.06.